The average molecular weight is 311 g/mol. The molecule has 0 saturated carbocycles. The molecule has 8 heteroatoms. The van der Waals surface area contributed by atoms with Crippen LogP contribution < -0.4 is 11.1 Å². The van der Waals surface area contributed by atoms with E-state index in [-0.39, 0.29) is 17.2 Å². The molecule has 0 fully saturated rings. The van der Waals surface area contributed by atoms with Gasteiger partial charge in [-0.3, -0.25) is 0 Å². The lowest BCUT2D eigenvalue weighted by molar-refractivity contribution is 0.629. The summed E-state index contributed by atoms with van der Waals surface area (Å²) in [6.07, 6.45) is 1.84. The fourth-order valence-corrected chi connectivity index (χ4v) is 2.43. The SMILES string of the molecule is Cn1c(CCNc2ncnc(N)c2C#N)nc2cccc(F)c21. The van der Waals surface area contributed by atoms with E-state index >= 15 is 0 Å². The van der Waals surface area contributed by atoms with Crippen molar-refractivity contribution in [3.05, 3.63) is 41.7 Å². The third-order valence-corrected chi connectivity index (χ3v) is 3.57. The van der Waals surface area contributed by atoms with Crippen LogP contribution in [0.4, 0.5) is 16.0 Å². The Balaban J connectivity index is 1.78. The van der Waals surface area contributed by atoms with Crippen LogP contribution in [0.5, 0.6) is 0 Å². The Bertz CT molecular complexity index is 910. The second-order valence-electron chi connectivity index (χ2n) is 4.97. The van der Waals surface area contributed by atoms with Gasteiger partial charge in [0.2, 0.25) is 0 Å². The van der Waals surface area contributed by atoms with Crippen LogP contribution in [0.1, 0.15) is 11.4 Å². The molecule has 3 aromatic rings. The van der Waals surface area contributed by atoms with Crippen molar-refractivity contribution < 1.29 is 4.39 Å². The summed E-state index contributed by atoms with van der Waals surface area (Å²) in [7, 11) is 1.77. The van der Waals surface area contributed by atoms with E-state index in [9.17, 15) is 4.39 Å². The number of rotatable bonds is 4. The van der Waals surface area contributed by atoms with Gasteiger partial charge in [-0.05, 0) is 12.1 Å². The first-order chi connectivity index (χ1) is 11.1. The number of halogens is 1. The van der Waals surface area contributed by atoms with Crippen molar-refractivity contribution in [1.82, 2.24) is 19.5 Å². The van der Waals surface area contributed by atoms with Gasteiger partial charge in [-0.2, -0.15) is 5.26 Å². The molecular weight excluding hydrogens is 297 g/mol. The molecule has 116 valence electrons. The number of hydrogen-bond acceptors (Lipinski definition) is 6. The number of benzene rings is 1. The summed E-state index contributed by atoms with van der Waals surface area (Å²) < 4.78 is 15.6. The molecule has 0 amide bonds. The summed E-state index contributed by atoms with van der Waals surface area (Å²) >= 11 is 0. The number of aromatic nitrogens is 4. The molecule has 0 bridgehead atoms. The third-order valence-electron chi connectivity index (χ3n) is 3.57. The largest absolute Gasteiger partial charge is 0.382 e. The normalized spacial score (nSPS) is 10.7. The number of aryl methyl sites for hydroxylation is 1. The molecule has 2 aromatic heterocycles. The van der Waals surface area contributed by atoms with Crippen LogP contribution in [-0.4, -0.2) is 26.1 Å². The zero-order valence-electron chi connectivity index (χ0n) is 12.4. The van der Waals surface area contributed by atoms with E-state index in [0.717, 1.165) is 5.82 Å². The predicted molar refractivity (Wildman–Crippen MR) is 84.0 cm³/mol. The number of nitrogens with one attached hydrogen (secondary N) is 1. The molecule has 0 aliphatic rings. The molecule has 0 saturated heterocycles. The van der Waals surface area contributed by atoms with Crippen molar-refractivity contribution in [2.75, 3.05) is 17.6 Å². The second kappa shape index (κ2) is 5.88. The number of para-hydroxylation sites is 1. The molecule has 1 aromatic carbocycles. The first kappa shape index (κ1) is 14.7. The highest BCUT2D eigenvalue weighted by molar-refractivity contribution is 5.76. The fourth-order valence-electron chi connectivity index (χ4n) is 2.43. The molecule has 0 unspecified atom stereocenters. The highest BCUT2D eigenvalue weighted by Gasteiger charge is 2.12. The summed E-state index contributed by atoms with van der Waals surface area (Å²) in [4.78, 5) is 12.2. The number of nitrogens with two attached hydrogens (primary N) is 1. The van der Waals surface area contributed by atoms with Crippen LogP contribution in [0.15, 0.2) is 24.5 Å². The zero-order valence-corrected chi connectivity index (χ0v) is 12.4. The highest BCUT2D eigenvalue weighted by atomic mass is 19.1. The molecule has 0 radical (unpaired) electrons. The van der Waals surface area contributed by atoms with Crippen molar-refractivity contribution in [3.8, 4) is 6.07 Å². The summed E-state index contributed by atoms with van der Waals surface area (Å²) in [5, 5.41) is 12.1. The maximum atomic E-state index is 13.8. The van der Waals surface area contributed by atoms with E-state index in [2.05, 4.69) is 20.3 Å². The van der Waals surface area contributed by atoms with Gasteiger partial charge in [0.25, 0.3) is 0 Å². The molecule has 3 N–H and O–H groups in total. The number of nitrogens with zero attached hydrogens (tertiary/aromatic N) is 5. The summed E-state index contributed by atoms with van der Waals surface area (Å²) in [6, 6.07) is 6.79. The minimum atomic E-state index is -0.299. The first-order valence-corrected chi connectivity index (χ1v) is 6.96. The van der Waals surface area contributed by atoms with Crippen LogP contribution in [0.25, 0.3) is 11.0 Å². The van der Waals surface area contributed by atoms with Gasteiger partial charge in [-0.1, -0.05) is 6.07 Å². The Kier molecular flexibility index (Phi) is 3.76. The lowest BCUT2D eigenvalue weighted by atomic mass is 10.3. The molecule has 7 nitrogen and oxygen atoms in total. The summed E-state index contributed by atoms with van der Waals surface area (Å²) in [6.45, 7) is 0.476. The first-order valence-electron chi connectivity index (χ1n) is 6.96. The molecule has 2 heterocycles. The Labute approximate surface area is 131 Å². The zero-order chi connectivity index (χ0) is 16.4. The lowest BCUT2D eigenvalue weighted by Gasteiger charge is -2.08. The molecule has 0 atom stereocenters. The molecule has 23 heavy (non-hydrogen) atoms. The molecule has 0 spiro atoms. The average Bonchev–Trinajstić information content (AvgIpc) is 2.85. The van der Waals surface area contributed by atoms with Gasteiger partial charge >= 0.3 is 0 Å². The quantitative estimate of drug-likeness (QED) is 0.758. The summed E-state index contributed by atoms with van der Waals surface area (Å²) in [5.41, 5.74) is 6.94. The number of nitriles is 1. The monoisotopic (exact) mass is 311 g/mol. The van der Waals surface area contributed by atoms with E-state index in [1.54, 1.807) is 23.7 Å². The topological polar surface area (TPSA) is 105 Å². The van der Waals surface area contributed by atoms with Crippen LogP contribution in [-0.2, 0) is 13.5 Å². The molecule has 0 aliphatic heterocycles. The highest BCUT2D eigenvalue weighted by Crippen LogP contribution is 2.19. The van der Waals surface area contributed by atoms with Gasteiger partial charge in [-0.25, -0.2) is 19.3 Å². The van der Waals surface area contributed by atoms with Crippen molar-refractivity contribution in [3.63, 3.8) is 0 Å². The maximum absolute atomic E-state index is 13.8. The smallest absolute Gasteiger partial charge is 0.149 e. The molecule has 3 rings (SSSR count). The van der Waals surface area contributed by atoms with Gasteiger partial charge in [-0.15, -0.1) is 0 Å². The van der Waals surface area contributed by atoms with Gasteiger partial charge < -0.3 is 15.6 Å². The van der Waals surface area contributed by atoms with Crippen molar-refractivity contribution >= 4 is 22.7 Å². The Morgan fingerprint density at radius 3 is 2.96 bits per heavy atom. The van der Waals surface area contributed by atoms with Crippen LogP contribution in [0, 0.1) is 17.1 Å². The van der Waals surface area contributed by atoms with Crippen molar-refractivity contribution in [2.24, 2.45) is 7.05 Å². The van der Waals surface area contributed by atoms with E-state index in [1.807, 2.05) is 6.07 Å². The third kappa shape index (κ3) is 2.64. The van der Waals surface area contributed by atoms with Gasteiger partial charge in [0.05, 0.1) is 5.52 Å². The predicted octanol–water partition coefficient (Wildman–Crippen LogP) is 1.61. The van der Waals surface area contributed by atoms with Crippen molar-refractivity contribution in [2.45, 2.75) is 6.42 Å². The van der Waals surface area contributed by atoms with Gasteiger partial charge in [0, 0.05) is 20.0 Å². The van der Waals surface area contributed by atoms with E-state index < -0.39 is 0 Å². The Morgan fingerprint density at radius 2 is 2.22 bits per heavy atom. The molecule has 0 aliphatic carbocycles. The van der Waals surface area contributed by atoms with E-state index in [4.69, 9.17) is 11.0 Å². The van der Waals surface area contributed by atoms with E-state index in [1.165, 1.54) is 12.4 Å². The van der Waals surface area contributed by atoms with Gasteiger partial charge in [0.15, 0.2) is 0 Å². The van der Waals surface area contributed by atoms with Crippen molar-refractivity contribution in [1.29, 1.82) is 5.26 Å². The minimum Gasteiger partial charge on any atom is -0.382 e. The van der Waals surface area contributed by atoms with Crippen LogP contribution >= 0.6 is 0 Å². The second-order valence-corrected chi connectivity index (χ2v) is 4.97. The fraction of sp³-hybridized carbons (Fsp3) is 0.200. The van der Waals surface area contributed by atoms with Crippen LogP contribution in [0.2, 0.25) is 0 Å². The Morgan fingerprint density at radius 1 is 1.39 bits per heavy atom. The minimum absolute atomic E-state index is 0.134. The van der Waals surface area contributed by atoms with Crippen LogP contribution in [0.3, 0.4) is 0 Å². The maximum Gasteiger partial charge on any atom is 0.149 e. The number of nitrogen functional groups attached to an aromatic ring is 1. The number of imidazole rings is 1. The lowest BCUT2D eigenvalue weighted by Crippen LogP contribution is -2.12. The summed E-state index contributed by atoms with van der Waals surface area (Å²) in [5.74, 6) is 0.949. The number of anilines is 2. The van der Waals surface area contributed by atoms with Gasteiger partial charge in [0.1, 0.15) is 46.8 Å². The Hall–Kier alpha value is -3.21. The van der Waals surface area contributed by atoms with E-state index in [0.29, 0.717) is 29.8 Å². The molecular formula is C15H14FN7. The standard InChI is InChI=1S/C15H14FN7/c1-23-12(22-11-4-2-3-10(16)13(11)23)5-6-19-15-9(7-17)14(18)20-8-21-15/h2-4,8H,5-6H2,1H3,(H3,18,19,20,21). The number of fused-ring (bicyclic) bond motifs is 1. The number of hydrogen-bond donors (Lipinski definition) is 2.